The van der Waals surface area contributed by atoms with Gasteiger partial charge in [0.15, 0.2) is 5.82 Å². The molecule has 0 bridgehead atoms. The quantitative estimate of drug-likeness (QED) is 0.583. The molecule has 6 rings (SSSR count). The van der Waals surface area contributed by atoms with Gasteiger partial charge < -0.3 is 15.0 Å². The summed E-state index contributed by atoms with van der Waals surface area (Å²) in [4.78, 5) is 2.51. The molecule has 2 aromatic heterocycles. The van der Waals surface area contributed by atoms with E-state index in [9.17, 15) is 13.2 Å². The van der Waals surface area contributed by atoms with E-state index in [1.807, 2.05) is 6.20 Å². The predicted octanol–water partition coefficient (Wildman–Crippen LogP) is 4.21. The van der Waals surface area contributed by atoms with Gasteiger partial charge in [0.25, 0.3) is 0 Å². The van der Waals surface area contributed by atoms with Crippen LogP contribution in [0.25, 0.3) is 22.2 Å². The van der Waals surface area contributed by atoms with E-state index in [-0.39, 0.29) is 17.6 Å². The van der Waals surface area contributed by atoms with Crippen LogP contribution in [0.1, 0.15) is 24.8 Å². The number of nitrogens with zero attached hydrogens (tertiary/aromatic N) is 5. The Balaban J connectivity index is 1.17. The molecule has 10 heteroatoms. The van der Waals surface area contributed by atoms with Crippen LogP contribution in [0.3, 0.4) is 0 Å². The van der Waals surface area contributed by atoms with E-state index in [0.717, 1.165) is 69.1 Å². The first-order valence-corrected chi connectivity index (χ1v) is 12.3. The summed E-state index contributed by atoms with van der Waals surface area (Å²) in [5.74, 6) is 1.48. The second-order valence-corrected chi connectivity index (χ2v) is 10.3. The number of alkyl halides is 3. The van der Waals surface area contributed by atoms with Crippen molar-refractivity contribution in [3.05, 3.63) is 36.0 Å². The van der Waals surface area contributed by atoms with Crippen molar-refractivity contribution in [2.24, 2.45) is 24.8 Å². The summed E-state index contributed by atoms with van der Waals surface area (Å²) in [7, 11) is 1.81. The second-order valence-electron chi connectivity index (χ2n) is 10.3. The maximum Gasteiger partial charge on any atom is 0.420 e. The molecule has 35 heavy (non-hydrogen) atoms. The number of anilines is 1. The fraction of sp³-hybridized carbons (Fsp3) is 0.560. The number of ether oxygens (including phenoxy) is 1. The summed E-state index contributed by atoms with van der Waals surface area (Å²) >= 11 is 0. The standard InChI is InChI=1S/C25H29F3N6O/c1-33-11-19-6-16(2-3-22(19)32-33)23-9-21(25(26,27)28)24(31-30-23)29-20-7-17-12-34(13-18(17)8-20)10-15-4-5-35-14-15/h2-3,6,9,11,15,17-18,20H,4-5,7-8,10,12-14H2,1H3,(H,29,31)/t15-,17+,18+/m0/s1. The van der Waals surface area contributed by atoms with E-state index in [1.165, 1.54) is 0 Å². The highest BCUT2D eigenvalue weighted by atomic mass is 19.4. The number of hydrogen-bond donors (Lipinski definition) is 1. The summed E-state index contributed by atoms with van der Waals surface area (Å²) in [5.41, 5.74) is 0.788. The second kappa shape index (κ2) is 8.74. The van der Waals surface area contributed by atoms with Gasteiger partial charge in [0.1, 0.15) is 5.56 Å². The van der Waals surface area contributed by atoms with E-state index in [0.29, 0.717) is 23.3 Å². The molecule has 3 atom stereocenters. The molecule has 0 radical (unpaired) electrons. The van der Waals surface area contributed by atoms with Crippen molar-refractivity contribution >= 4 is 16.7 Å². The van der Waals surface area contributed by atoms with E-state index >= 15 is 0 Å². The number of hydrogen-bond acceptors (Lipinski definition) is 6. The summed E-state index contributed by atoms with van der Waals surface area (Å²) in [6, 6.07) is 6.39. The van der Waals surface area contributed by atoms with Gasteiger partial charge >= 0.3 is 6.18 Å². The van der Waals surface area contributed by atoms with Crippen LogP contribution in [0.2, 0.25) is 0 Å². The molecule has 3 aliphatic rings. The van der Waals surface area contributed by atoms with Gasteiger partial charge in [-0.3, -0.25) is 4.68 Å². The molecule has 1 aliphatic carbocycles. The lowest BCUT2D eigenvalue weighted by atomic mass is 10.0. The molecular formula is C25H29F3N6O. The molecule has 4 heterocycles. The van der Waals surface area contributed by atoms with Crippen LogP contribution >= 0.6 is 0 Å². The number of nitrogens with one attached hydrogen (secondary N) is 1. The summed E-state index contributed by atoms with van der Waals surface area (Å²) in [6.07, 6.45) is 0.148. The summed E-state index contributed by atoms with van der Waals surface area (Å²) in [6.45, 7) is 4.82. The SMILES string of the molecule is Cn1cc2cc(-c3cc(C(F)(F)F)c(NC4C[C@@H]5CN(C[C@@H]6CCOC6)C[C@H]5C4)nn3)ccc2n1. The Bertz CT molecular complexity index is 1210. The lowest BCUT2D eigenvalue weighted by molar-refractivity contribution is -0.137. The smallest absolute Gasteiger partial charge is 0.381 e. The summed E-state index contributed by atoms with van der Waals surface area (Å²) in [5, 5.41) is 16.4. The fourth-order valence-corrected chi connectivity index (χ4v) is 6.11. The molecule has 1 N–H and O–H groups in total. The number of rotatable bonds is 5. The molecule has 0 unspecified atom stereocenters. The maximum absolute atomic E-state index is 14.0. The Labute approximate surface area is 201 Å². The molecule has 2 aliphatic heterocycles. The van der Waals surface area contributed by atoms with Gasteiger partial charge in [0, 0.05) is 56.5 Å². The number of likely N-dealkylation sites (tertiary alicyclic amines) is 1. The van der Waals surface area contributed by atoms with Crippen LogP contribution in [0.4, 0.5) is 19.0 Å². The molecule has 2 saturated heterocycles. The van der Waals surface area contributed by atoms with E-state index in [1.54, 1.807) is 29.9 Å². The fourth-order valence-electron chi connectivity index (χ4n) is 6.11. The first kappa shape index (κ1) is 22.7. The molecule has 7 nitrogen and oxygen atoms in total. The lowest BCUT2D eigenvalue weighted by Crippen LogP contribution is -2.30. The Morgan fingerprint density at radius 2 is 1.91 bits per heavy atom. The van der Waals surface area contributed by atoms with Crippen molar-refractivity contribution in [3.8, 4) is 11.3 Å². The number of aromatic nitrogens is 4. The predicted molar refractivity (Wildman–Crippen MR) is 126 cm³/mol. The van der Waals surface area contributed by atoms with Gasteiger partial charge in [0.2, 0.25) is 0 Å². The van der Waals surface area contributed by atoms with Gasteiger partial charge in [-0.15, -0.1) is 10.2 Å². The monoisotopic (exact) mass is 486 g/mol. The van der Waals surface area contributed by atoms with Gasteiger partial charge in [0.05, 0.1) is 17.8 Å². The van der Waals surface area contributed by atoms with Crippen molar-refractivity contribution in [2.75, 3.05) is 38.2 Å². The van der Waals surface area contributed by atoms with Crippen molar-refractivity contribution in [1.29, 1.82) is 0 Å². The molecule has 3 fully saturated rings. The Morgan fingerprint density at radius 1 is 1.11 bits per heavy atom. The van der Waals surface area contributed by atoms with Crippen LogP contribution in [0.5, 0.6) is 0 Å². The average molecular weight is 487 g/mol. The first-order chi connectivity index (χ1) is 16.8. The Hall–Kier alpha value is -2.72. The summed E-state index contributed by atoms with van der Waals surface area (Å²) < 4.78 is 49.2. The Morgan fingerprint density at radius 3 is 2.63 bits per heavy atom. The first-order valence-electron chi connectivity index (χ1n) is 12.3. The number of benzene rings is 1. The third-order valence-electron chi connectivity index (χ3n) is 7.72. The molecule has 1 saturated carbocycles. The molecular weight excluding hydrogens is 457 g/mol. The topological polar surface area (TPSA) is 68.1 Å². The van der Waals surface area contributed by atoms with Crippen LogP contribution in [0.15, 0.2) is 30.5 Å². The highest BCUT2D eigenvalue weighted by Crippen LogP contribution is 2.42. The average Bonchev–Trinajstić information content (AvgIpc) is 3.57. The Kier molecular flexibility index (Phi) is 5.68. The zero-order chi connectivity index (χ0) is 24.2. The minimum Gasteiger partial charge on any atom is -0.381 e. The van der Waals surface area contributed by atoms with E-state index in [2.05, 4.69) is 25.5 Å². The third-order valence-corrected chi connectivity index (χ3v) is 7.72. The number of aryl methyl sites for hydroxylation is 1. The van der Waals surface area contributed by atoms with Crippen molar-refractivity contribution in [3.63, 3.8) is 0 Å². The van der Waals surface area contributed by atoms with Crippen molar-refractivity contribution in [1.82, 2.24) is 24.9 Å². The number of halogens is 3. The molecule has 1 aromatic carbocycles. The molecule has 3 aromatic rings. The lowest BCUT2D eigenvalue weighted by Gasteiger charge is -2.23. The zero-order valence-electron chi connectivity index (χ0n) is 19.6. The van der Waals surface area contributed by atoms with E-state index < -0.39 is 11.7 Å². The van der Waals surface area contributed by atoms with Crippen LogP contribution in [0, 0.1) is 17.8 Å². The third kappa shape index (κ3) is 4.61. The highest BCUT2D eigenvalue weighted by molar-refractivity contribution is 5.83. The van der Waals surface area contributed by atoms with Crippen LogP contribution < -0.4 is 5.32 Å². The highest BCUT2D eigenvalue weighted by Gasteiger charge is 2.43. The van der Waals surface area contributed by atoms with Gasteiger partial charge in [-0.2, -0.15) is 18.3 Å². The normalized spacial score (nSPS) is 25.5. The zero-order valence-corrected chi connectivity index (χ0v) is 19.6. The van der Waals surface area contributed by atoms with Crippen LogP contribution in [-0.2, 0) is 18.0 Å². The minimum absolute atomic E-state index is 0.0186. The van der Waals surface area contributed by atoms with Gasteiger partial charge in [-0.05, 0) is 55.2 Å². The van der Waals surface area contributed by atoms with Crippen molar-refractivity contribution < 1.29 is 17.9 Å². The van der Waals surface area contributed by atoms with Gasteiger partial charge in [-0.25, -0.2) is 0 Å². The van der Waals surface area contributed by atoms with Crippen LogP contribution in [-0.4, -0.2) is 63.8 Å². The maximum atomic E-state index is 14.0. The molecule has 0 amide bonds. The largest absolute Gasteiger partial charge is 0.420 e. The minimum atomic E-state index is -4.53. The molecule has 186 valence electrons. The number of fused-ring (bicyclic) bond motifs is 2. The van der Waals surface area contributed by atoms with E-state index in [4.69, 9.17) is 4.74 Å². The van der Waals surface area contributed by atoms with Crippen molar-refractivity contribution in [2.45, 2.75) is 31.5 Å². The van der Waals surface area contributed by atoms with Gasteiger partial charge in [-0.1, -0.05) is 6.07 Å². The molecule has 0 spiro atoms.